The van der Waals surface area contributed by atoms with Crippen LogP contribution >= 0.6 is 35.1 Å². The van der Waals surface area contributed by atoms with Crippen molar-refractivity contribution in [1.29, 1.82) is 0 Å². The van der Waals surface area contributed by atoms with Crippen LogP contribution < -0.4 is 0 Å². The molecule has 0 amide bonds. The molecule has 0 unspecified atom stereocenters. The van der Waals surface area contributed by atoms with E-state index in [2.05, 4.69) is 5.16 Å². The lowest BCUT2D eigenvalue weighted by molar-refractivity contribution is 0.0514. The lowest BCUT2D eigenvalue weighted by atomic mass is 9.99. The number of thioether (sulfide) groups is 1. The quantitative estimate of drug-likeness (QED) is 0.0441. The van der Waals surface area contributed by atoms with Gasteiger partial charge in [0.05, 0.1) is 5.56 Å². The van der Waals surface area contributed by atoms with Gasteiger partial charge in [0.25, 0.3) is 0 Å². The topological polar surface area (TPSA) is 72.8 Å². The summed E-state index contributed by atoms with van der Waals surface area (Å²) in [5.41, 5.74) is 3.19. The predicted octanol–water partition coefficient (Wildman–Crippen LogP) is 9.61. The zero-order valence-corrected chi connectivity index (χ0v) is 26.7. The van der Waals surface area contributed by atoms with Gasteiger partial charge in [-0.05, 0) is 97.4 Å². The molecule has 0 fully saturated rings. The van der Waals surface area contributed by atoms with E-state index in [0.29, 0.717) is 33.0 Å². The normalized spacial score (nSPS) is 11.2. The lowest BCUT2D eigenvalue weighted by Gasteiger charge is -2.08. The number of oxime groups is 1. The van der Waals surface area contributed by atoms with Crippen molar-refractivity contribution in [3.63, 3.8) is 0 Å². The Morgan fingerprint density at radius 2 is 1.24 bits per heavy atom. The van der Waals surface area contributed by atoms with Crippen molar-refractivity contribution < 1.29 is 19.2 Å². The van der Waals surface area contributed by atoms with Crippen LogP contribution in [-0.4, -0.2) is 29.0 Å². The molecule has 0 aliphatic rings. The van der Waals surface area contributed by atoms with Crippen molar-refractivity contribution >= 4 is 58.4 Å². The third kappa shape index (κ3) is 8.82. The Kier molecular flexibility index (Phi) is 11.0. The van der Waals surface area contributed by atoms with Crippen LogP contribution in [0.3, 0.4) is 0 Å². The van der Waals surface area contributed by atoms with Gasteiger partial charge >= 0.3 is 5.97 Å². The fraction of sp³-hybridized carbons (Fsp3) is 0.0811. The molecule has 0 aliphatic heterocycles. The molecule has 5 nitrogen and oxygen atoms in total. The fourth-order valence-electron chi connectivity index (χ4n) is 4.36. The molecule has 0 atom stereocenters. The van der Waals surface area contributed by atoms with Crippen LogP contribution in [0.4, 0.5) is 0 Å². The number of rotatable bonds is 12. The molecule has 224 valence electrons. The maximum Gasteiger partial charge on any atom is 0.365 e. The SMILES string of the molecule is Cc1ccccc1C(=O)c1ccc(Sc2ccc(C(=O)C(CCSc3ccc(Cl)cc3)=NOC(=O)c3ccccc3)cc2)cc1. The summed E-state index contributed by atoms with van der Waals surface area (Å²) >= 11 is 9.07. The summed E-state index contributed by atoms with van der Waals surface area (Å²) in [5.74, 6) is -0.412. The molecule has 0 aliphatic carbocycles. The van der Waals surface area contributed by atoms with Gasteiger partial charge in [-0.3, -0.25) is 9.59 Å². The summed E-state index contributed by atoms with van der Waals surface area (Å²) in [6.07, 6.45) is 0.290. The van der Waals surface area contributed by atoms with Crippen LogP contribution in [0.1, 0.15) is 48.6 Å². The van der Waals surface area contributed by atoms with Gasteiger partial charge in [0.2, 0.25) is 5.78 Å². The number of ketones is 2. The van der Waals surface area contributed by atoms with Gasteiger partial charge in [-0.2, -0.15) is 0 Å². The Balaban J connectivity index is 1.26. The number of Topliss-reactive ketones (excluding diaryl/α,β-unsaturated/α-hetero) is 1. The van der Waals surface area contributed by atoms with Crippen molar-refractivity contribution in [3.8, 4) is 0 Å². The van der Waals surface area contributed by atoms with E-state index in [-0.39, 0.29) is 23.7 Å². The number of nitrogens with zero attached hydrogens (tertiary/aromatic N) is 1. The van der Waals surface area contributed by atoms with Crippen molar-refractivity contribution in [2.75, 3.05) is 5.75 Å². The first-order valence-electron chi connectivity index (χ1n) is 14.1. The highest BCUT2D eigenvalue weighted by Gasteiger charge is 2.18. The van der Waals surface area contributed by atoms with E-state index in [9.17, 15) is 14.4 Å². The monoisotopic (exact) mass is 649 g/mol. The van der Waals surface area contributed by atoms with Gasteiger partial charge in [0.15, 0.2) is 5.78 Å². The van der Waals surface area contributed by atoms with E-state index < -0.39 is 5.97 Å². The van der Waals surface area contributed by atoms with Crippen LogP contribution in [0, 0.1) is 6.92 Å². The minimum atomic E-state index is -0.635. The first kappa shape index (κ1) is 32.0. The molecule has 8 heteroatoms. The second-order valence-electron chi connectivity index (χ2n) is 9.96. The highest BCUT2D eigenvalue weighted by molar-refractivity contribution is 7.99. The average Bonchev–Trinajstić information content (AvgIpc) is 3.07. The number of hydrogen-bond acceptors (Lipinski definition) is 7. The van der Waals surface area contributed by atoms with Gasteiger partial charge < -0.3 is 4.84 Å². The summed E-state index contributed by atoms with van der Waals surface area (Å²) in [4.78, 5) is 47.0. The minimum absolute atomic E-state index is 0.00834. The molecular weight excluding hydrogens is 622 g/mol. The molecule has 0 saturated carbocycles. The van der Waals surface area contributed by atoms with Gasteiger partial charge in [-0.15, -0.1) is 11.8 Å². The van der Waals surface area contributed by atoms with Crippen molar-refractivity contribution in [1.82, 2.24) is 0 Å². The molecule has 5 aromatic carbocycles. The van der Waals surface area contributed by atoms with Crippen LogP contribution in [0.5, 0.6) is 0 Å². The smallest absolute Gasteiger partial charge is 0.312 e. The standard InChI is InChI=1S/C37H28ClNO4S2/c1-25-7-5-6-10-33(25)35(40)26-11-17-31(18-12-26)45-32-19-13-27(14-20-32)36(41)34(23-24-44-30-21-15-29(38)16-22-30)39-43-37(42)28-8-3-2-4-9-28/h2-22H,23-24H2,1H3. The fourth-order valence-corrected chi connectivity index (χ4v) is 6.16. The van der Waals surface area contributed by atoms with Crippen LogP contribution in [0.2, 0.25) is 5.02 Å². The van der Waals surface area contributed by atoms with Gasteiger partial charge in [-0.1, -0.05) is 71.0 Å². The Morgan fingerprint density at radius 3 is 1.89 bits per heavy atom. The molecule has 0 saturated heterocycles. The van der Waals surface area contributed by atoms with Crippen molar-refractivity contribution in [2.45, 2.75) is 28.0 Å². The molecule has 45 heavy (non-hydrogen) atoms. The van der Waals surface area contributed by atoms with E-state index in [1.165, 1.54) is 11.8 Å². The molecule has 0 N–H and O–H groups in total. The summed E-state index contributed by atoms with van der Waals surface area (Å²) in [5, 5.41) is 4.66. The largest absolute Gasteiger partial charge is 0.365 e. The summed E-state index contributed by atoms with van der Waals surface area (Å²) in [7, 11) is 0. The molecule has 0 aromatic heterocycles. The minimum Gasteiger partial charge on any atom is -0.312 e. The van der Waals surface area contributed by atoms with E-state index in [0.717, 1.165) is 20.2 Å². The van der Waals surface area contributed by atoms with E-state index in [1.807, 2.05) is 91.9 Å². The lowest BCUT2D eigenvalue weighted by Crippen LogP contribution is -2.17. The predicted molar refractivity (Wildman–Crippen MR) is 182 cm³/mol. The number of carbonyl (C=O) groups excluding carboxylic acids is 3. The molecule has 0 spiro atoms. The Bertz CT molecular complexity index is 1820. The Hall–Kier alpha value is -4.43. The second kappa shape index (κ2) is 15.5. The maximum atomic E-state index is 13.5. The van der Waals surface area contributed by atoms with Gasteiger partial charge in [-0.25, -0.2) is 4.79 Å². The second-order valence-corrected chi connectivity index (χ2v) is 12.7. The third-order valence-corrected chi connectivity index (χ3v) is 9.07. The van der Waals surface area contributed by atoms with E-state index in [4.69, 9.17) is 16.4 Å². The molecule has 0 heterocycles. The Morgan fingerprint density at radius 1 is 0.667 bits per heavy atom. The maximum absolute atomic E-state index is 13.5. The van der Waals surface area contributed by atoms with Crippen LogP contribution in [0.25, 0.3) is 0 Å². The number of hydrogen-bond donors (Lipinski definition) is 0. The zero-order valence-electron chi connectivity index (χ0n) is 24.3. The first-order valence-corrected chi connectivity index (χ1v) is 16.3. The van der Waals surface area contributed by atoms with Crippen LogP contribution in [-0.2, 0) is 4.84 Å². The van der Waals surface area contributed by atoms with Crippen LogP contribution in [0.15, 0.2) is 147 Å². The van der Waals surface area contributed by atoms with Gasteiger partial charge in [0, 0.05) is 48.6 Å². The van der Waals surface area contributed by atoms with E-state index in [1.54, 1.807) is 54.2 Å². The highest BCUT2D eigenvalue weighted by atomic mass is 35.5. The average molecular weight is 650 g/mol. The summed E-state index contributed by atoms with van der Waals surface area (Å²) in [6.45, 7) is 1.93. The summed E-state index contributed by atoms with van der Waals surface area (Å²) in [6, 6.07) is 38.2. The summed E-state index contributed by atoms with van der Waals surface area (Å²) < 4.78 is 0. The molecule has 5 rings (SSSR count). The number of carbonyl (C=O) groups is 3. The third-order valence-electron chi connectivity index (χ3n) is 6.79. The van der Waals surface area contributed by atoms with Crippen molar-refractivity contribution in [2.24, 2.45) is 5.16 Å². The number of halogens is 1. The molecule has 0 bridgehead atoms. The highest BCUT2D eigenvalue weighted by Crippen LogP contribution is 2.29. The number of aryl methyl sites for hydroxylation is 1. The van der Waals surface area contributed by atoms with E-state index >= 15 is 0 Å². The molecule has 5 aromatic rings. The number of benzene rings is 5. The van der Waals surface area contributed by atoms with Gasteiger partial charge in [0.1, 0.15) is 5.71 Å². The van der Waals surface area contributed by atoms with Crippen molar-refractivity contribution in [3.05, 3.63) is 160 Å². The molecular formula is C37H28ClNO4S2. The first-order chi connectivity index (χ1) is 21.9. The molecule has 0 radical (unpaired) electrons. The Labute approximate surface area is 275 Å². The zero-order chi connectivity index (χ0) is 31.6.